The first kappa shape index (κ1) is 16.4. The van der Waals surface area contributed by atoms with Crippen molar-refractivity contribution in [1.29, 1.82) is 0 Å². The minimum Gasteiger partial charge on any atom is -0.394 e. The van der Waals surface area contributed by atoms with Gasteiger partial charge in [0.05, 0.1) is 28.8 Å². The molecule has 1 amide bonds. The molecular weight excluding hydrogens is 322 g/mol. The smallest absolute Gasteiger partial charge is 0.255 e. The predicted octanol–water partition coefficient (Wildman–Crippen LogP) is 3.10. The molecule has 3 aromatic rings. The monoisotopic (exact) mass is 341 g/mol. The molecule has 1 unspecified atom stereocenters. The lowest BCUT2D eigenvalue weighted by atomic mass is 10.1. The zero-order chi connectivity index (χ0) is 16.9. The maximum atomic E-state index is 12.7. The summed E-state index contributed by atoms with van der Waals surface area (Å²) in [6, 6.07) is 13.3. The van der Waals surface area contributed by atoms with Crippen LogP contribution in [0.2, 0.25) is 0 Å². The highest BCUT2D eigenvalue weighted by Gasteiger charge is 2.21. The van der Waals surface area contributed by atoms with Gasteiger partial charge < -0.3 is 10.4 Å². The standard InChI is InChI=1S/C18H19N3O2S/c1-2-13(12-22)19-18(23)15-11-21(14-7-4-3-5-8-14)20-17(15)16-9-6-10-24-16/h3-11,13,22H,2,12H2,1H3,(H,19,23). The van der Waals surface area contributed by atoms with Crippen LogP contribution in [0, 0.1) is 0 Å². The molecule has 3 rings (SSSR count). The third-order valence-corrected chi connectivity index (χ3v) is 4.66. The van der Waals surface area contributed by atoms with E-state index in [1.54, 1.807) is 22.2 Å². The first-order chi connectivity index (χ1) is 11.7. The first-order valence-electron chi connectivity index (χ1n) is 7.83. The van der Waals surface area contributed by atoms with Crippen LogP contribution < -0.4 is 5.32 Å². The van der Waals surface area contributed by atoms with E-state index in [2.05, 4.69) is 10.4 Å². The second kappa shape index (κ2) is 7.42. The molecule has 0 saturated carbocycles. The number of aromatic nitrogens is 2. The Labute approximate surface area is 144 Å². The Kier molecular flexibility index (Phi) is 5.08. The lowest BCUT2D eigenvalue weighted by Crippen LogP contribution is -2.37. The third-order valence-electron chi connectivity index (χ3n) is 3.78. The van der Waals surface area contributed by atoms with Gasteiger partial charge in [-0.3, -0.25) is 4.79 Å². The van der Waals surface area contributed by atoms with Crippen LogP contribution in [0.15, 0.2) is 54.0 Å². The highest BCUT2D eigenvalue weighted by atomic mass is 32.1. The average molecular weight is 341 g/mol. The molecule has 1 atom stereocenters. The summed E-state index contributed by atoms with van der Waals surface area (Å²) >= 11 is 1.54. The Hall–Kier alpha value is -2.44. The normalized spacial score (nSPS) is 12.1. The fourth-order valence-corrected chi connectivity index (χ4v) is 3.11. The molecule has 0 spiro atoms. The highest BCUT2D eigenvalue weighted by Crippen LogP contribution is 2.27. The molecule has 0 aliphatic heterocycles. The zero-order valence-corrected chi connectivity index (χ0v) is 14.2. The molecule has 6 heteroatoms. The number of aliphatic hydroxyl groups excluding tert-OH is 1. The van der Waals surface area contributed by atoms with Gasteiger partial charge in [-0.2, -0.15) is 5.10 Å². The van der Waals surface area contributed by atoms with Gasteiger partial charge in [-0.15, -0.1) is 11.3 Å². The van der Waals surface area contributed by atoms with Crippen LogP contribution in [0.5, 0.6) is 0 Å². The van der Waals surface area contributed by atoms with Crippen molar-refractivity contribution >= 4 is 17.2 Å². The minimum atomic E-state index is -0.256. The van der Waals surface area contributed by atoms with Crippen LogP contribution in [0.1, 0.15) is 23.7 Å². The van der Waals surface area contributed by atoms with E-state index < -0.39 is 0 Å². The number of carbonyl (C=O) groups is 1. The van der Waals surface area contributed by atoms with Gasteiger partial charge in [-0.25, -0.2) is 4.68 Å². The number of amides is 1. The molecule has 2 aromatic heterocycles. The minimum absolute atomic E-state index is 0.0800. The second-order valence-electron chi connectivity index (χ2n) is 5.41. The van der Waals surface area contributed by atoms with Crippen molar-refractivity contribution in [3.63, 3.8) is 0 Å². The predicted molar refractivity (Wildman–Crippen MR) is 95.5 cm³/mol. The summed E-state index contributed by atoms with van der Waals surface area (Å²) in [6.45, 7) is 1.85. The van der Waals surface area contributed by atoms with E-state index in [-0.39, 0.29) is 18.6 Å². The number of rotatable bonds is 6. The molecule has 0 fully saturated rings. The van der Waals surface area contributed by atoms with Gasteiger partial charge >= 0.3 is 0 Å². The van der Waals surface area contributed by atoms with Crippen LogP contribution in [0.3, 0.4) is 0 Å². The van der Waals surface area contributed by atoms with Crippen LogP contribution in [0.25, 0.3) is 16.3 Å². The lowest BCUT2D eigenvalue weighted by molar-refractivity contribution is 0.0915. The van der Waals surface area contributed by atoms with E-state index in [4.69, 9.17) is 0 Å². The average Bonchev–Trinajstić information content (AvgIpc) is 3.29. The first-order valence-corrected chi connectivity index (χ1v) is 8.71. The molecule has 5 nitrogen and oxygen atoms in total. The number of carbonyl (C=O) groups excluding carboxylic acids is 1. The second-order valence-corrected chi connectivity index (χ2v) is 6.36. The van der Waals surface area contributed by atoms with E-state index >= 15 is 0 Å². The number of aliphatic hydroxyl groups is 1. The van der Waals surface area contributed by atoms with Crippen LogP contribution in [-0.4, -0.2) is 33.4 Å². The Morgan fingerprint density at radius 3 is 2.71 bits per heavy atom. The molecule has 0 aliphatic carbocycles. The number of nitrogens with zero attached hydrogens (tertiary/aromatic N) is 2. The van der Waals surface area contributed by atoms with E-state index in [9.17, 15) is 9.90 Å². The van der Waals surface area contributed by atoms with Gasteiger partial charge in [-0.05, 0) is 30.0 Å². The highest BCUT2D eigenvalue weighted by molar-refractivity contribution is 7.13. The Morgan fingerprint density at radius 1 is 1.29 bits per heavy atom. The van der Waals surface area contributed by atoms with E-state index in [0.717, 1.165) is 10.6 Å². The topological polar surface area (TPSA) is 67.2 Å². The number of nitrogens with one attached hydrogen (secondary N) is 1. The van der Waals surface area contributed by atoms with Crippen molar-refractivity contribution in [3.05, 3.63) is 59.6 Å². The Bertz CT molecular complexity index is 793. The summed E-state index contributed by atoms with van der Waals surface area (Å²) in [7, 11) is 0. The van der Waals surface area contributed by atoms with Gasteiger partial charge in [0.2, 0.25) is 0 Å². The molecule has 2 heterocycles. The summed E-state index contributed by atoms with van der Waals surface area (Å²) in [5.74, 6) is -0.221. The summed E-state index contributed by atoms with van der Waals surface area (Å²) < 4.78 is 1.71. The SMILES string of the molecule is CCC(CO)NC(=O)c1cn(-c2ccccc2)nc1-c1cccs1. The summed E-state index contributed by atoms with van der Waals surface area (Å²) in [5.41, 5.74) is 2.05. The maximum Gasteiger partial charge on any atom is 0.255 e. The van der Waals surface area contributed by atoms with Crippen LogP contribution in [0.4, 0.5) is 0 Å². The largest absolute Gasteiger partial charge is 0.394 e. The van der Waals surface area contributed by atoms with E-state index in [1.807, 2.05) is 54.8 Å². The molecule has 124 valence electrons. The molecule has 1 aromatic carbocycles. The van der Waals surface area contributed by atoms with Crippen molar-refractivity contribution in [3.8, 4) is 16.3 Å². The van der Waals surface area contributed by atoms with Crippen molar-refractivity contribution in [2.45, 2.75) is 19.4 Å². The van der Waals surface area contributed by atoms with Crippen molar-refractivity contribution in [2.75, 3.05) is 6.61 Å². The van der Waals surface area contributed by atoms with Gasteiger partial charge in [0, 0.05) is 6.20 Å². The van der Waals surface area contributed by atoms with Gasteiger partial charge in [0.15, 0.2) is 0 Å². The van der Waals surface area contributed by atoms with Crippen molar-refractivity contribution < 1.29 is 9.90 Å². The van der Waals surface area contributed by atoms with E-state index in [0.29, 0.717) is 17.7 Å². The summed E-state index contributed by atoms with van der Waals surface area (Å²) in [4.78, 5) is 13.6. The van der Waals surface area contributed by atoms with Crippen LogP contribution >= 0.6 is 11.3 Å². The molecule has 2 N–H and O–H groups in total. The molecule has 24 heavy (non-hydrogen) atoms. The maximum absolute atomic E-state index is 12.7. The molecule has 0 saturated heterocycles. The molecular formula is C18H19N3O2S. The van der Waals surface area contributed by atoms with Crippen molar-refractivity contribution in [2.24, 2.45) is 0 Å². The van der Waals surface area contributed by atoms with Gasteiger partial charge in [0.1, 0.15) is 5.69 Å². The Balaban J connectivity index is 2.00. The fourth-order valence-electron chi connectivity index (χ4n) is 2.39. The fraction of sp³-hybridized carbons (Fsp3) is 0.222. The van der Waals surface area contributed by atoms with E-state index in [1.165, 1.54) is 0 Å². The number of benzene rings is 1. The number of thiophene rings is 1. The number of hydrogen-bond donors (Lipinski definition) is 2. The van der Waals surface area contributed by atoms with Crippen molar-refractivity contribution in [1.82, 2.24) is 15.1 Å². The zero-order valence-electron chi connectivity index (χ0n) is 13.3. The van der Waals surface area contributed by atoms with Crippen LogP contribution in [-0.2, 0) is 0 Å². The van der Waals surface area contributed by atoms with Gasteiger partial charge in [-0.1, -0.05) is 31.2 Å². The molecule has 0 aliphatic rings. The third kappa shape index (κ3) is 3.39. The quantitative estimate of drug-likeness (QED) is 0.724. The number of hydrogen-bond acceptors (Lipinski definition) is 4. The number of para-hydroxylation sites is 1. The Morgan fingerprint density at radius 2 is 2.08 bits per heavy atom. The summed E-state index contributed by atoms with van der Waals surface area (Å²) in [6.07, 6.45) is 2.41. The molecule has 0 radical (unpaired) electrons. The lowest BCUT2D eigenvalue weighted by Gasteiger charge is -2.13. The van der Waals surface area contributed by atoms with Gasteiger partial charge in [0.25, 0.3) is 5.91 Å². The summed E-state index contributed by atoms with van der Waals surface area (Å²) in [5, 5.41) is 18.8. The molecule has 0 bridgehead atoms.